The molecule has 1 saturated heterocycles. The van der Waals surface area contributed by atoms with E-state index >= 15 is 0 Å². The molecule has 1 amide bonds. The fourth-order valence-electron chi connectivity index (χ4n) is 4.06. The summed E-state index contributed by atoms with van der Waals surface area (Å²) in [5.41, 5.74) is 2.38. The number of halogens is 3. The molecule has 8 heteroatoms. The van der Waals surface area contributed by atoms with Gasteiger partial charge in [-0.25, -0.2) is 4.98 Å². The monoisotopic (exact) mass is 415 g/mol. The molecule has 0 bridgehead atoms. The first kappa shape index (κ1) is 19.1. The number of ether oxygens (including phenoxy) is 1. The van der Waals surface area contributed by atoms with E-state index in [9.17, 15) is 18.0 Å². The Morgan fingerprint density at radius 3 is 2.67 bits per heavy atom. The number of hydrogen-bond donors (Lipinski definition) is 2. The van der Waals surface area contributed by atoms with Gasteiger partial charge < -0.3 is 15.0 Å². The molecule has 2 aromatic carbocycles. The summed E-state index contributed by atoms with van der Waals surface area (Å²) in [7, 11) is 0. The summed E-state index contributed by atoms with van der Waals surface area (Å²) >= 11 is 0. The van der Waals surface area contributed by atoms with Crippen molar-refractivity contribution in [1.82, 2.24) is 9.97 Å². The third-order valence-corrected chi connectivity index (χ3v) is 5.80. The number of carbonyl (C=O) groups excluding carboxylic acids is 1. The van der Waals surface area contributed by atoms with E-state index in [1.165, 1.54) is 12.1 Å². The predicted octanol–water partition coefficient (Wildman–Crippen LogP) is 5.18. The first-order valence-electron chi connectivity index (χ1n) is 9.98. The van der Waals surface area contributed by atoms with Crippen molar-refractivity contribution in [3.05, 3.63) is 59.4 Å². The summed E-state index contributed by atoms with van der Waals surface area (Å²) in [6.45, 7) is 0.741. The number of aromatic amines is 1. The normalized spacial score (nSPS) is 23.6. The van der Waals surface area contributed by atoms with Gasteiger partial charge in [0.25, 0.3) is 0 Å². The van der Waals surface area contributed by atoms with Crippen LogP contribution in [0.25, 0.3) is 11.0 Å². The van der Waals surface area contributed by atoms with Gasteiger partial charge >= 0.3 is 6.18 Å². The second kappa shape index (κ2) is 7.12. The zero-order valence-electron chi connectivity index (χ0n) is 16.0. The Balaban J connectivity index is 1.25. The number of anilines is 1. The van der Waals surface area contributed by atoms with E-state index in [0.717, 1.165) is 54.0 Å². The number of nitrogens with one attached hydrogen (secondary N) is 2. The highest BCUT2D eigenvalue weighted by molar-refractivity contribution is 5.96. The zero-order chi connectivity index (χ0) is 20.9. The van der Waals surface area contributed by atoms with Crippen molar-refractivity contribution >= 4 is 22.6 Å². The largest absolute Gasteiger partial charge is 0.416 e. The molecule has 3 unspecified atom stereocenters. The van der Waals surface area contributed by atoms with E-state index in [1.54, 1.807) is 6.07 Å². The number of nitrogens with zero attached hydrogens (tertiary/aromatic N) is 1. The standard InChI is InChI=1S/C22H20F3N3O2/c23-22(24,25)13-5-3-12(4-6-13)15-11-16(15)21(29)26-14-7-8-17-18(10-14)28-20(27-17)19-2-1-9-30-19/h3-8,10,15-16,19H,1-2,9,11H2,(H,26,29)(H,27,28). The van der Waals surface area contributed by atoms with Crippen LogP contribution < -0.4 is 5.32 Å². The van der Waals surface area contributed by atoms with Gasteiger partial charge in [-0.3, -0.25) is 4.79 Å². The molecule has 3 atom stereocenters. The van der Waals surface area contributed by atoms with Crippen LogP contribution in [0.15, 0.2) is 42.5 Å². The Kier molecular flexibility index (Phi) is 4.54. The van der Waals surface area contributed by atoms with E-state index < -0.39 is 11.7 Å². The molecule has 1 aliphatic carbocycles. The van der Waals surface area contributed by atoms with Crippen LogP contribution in [0.3, 0.4) is 0 Å². The summed E-state index contributed by atoms with van der Waals surface area (Å²) in [6, 6.07) is 10.6. The van der Waals surface area contributed by atoms with Gasteiger partial charge in [0.1, 0.15) is 11.9 Å². The van der Waals surface area contributed by atoms with Crippen LogP contribution in [0.4, 0.5) is 18.9 Å². The summed E-state index contributed by atoms with van der Waals surface area (Å²) < 4.78 is 43.8. The summed E-state index contributed by atoms with van der Waals surface area (Å²) in [6.07, 6.45) is -1.77. The third-order valence-electron chi connectivity index (χ3n) is 5.80. The Hall–Kier alpha value is -2.87. The first-order valence-corrected chi connectivity index (χ1v) is 9.98. The maximum atomic E-state index is 12.7. The van der Waals surface area contributed by atoms with E-state index in [0.29, 0.717) is 12.1 Å². The van der Waals surface area contributed by atoms with Crippen molar-refractivity contribution in [2.45, 2.75) is 37.5 Å². The molecule has 1 saturated carbocycles. The molecule has 30 heavy (non-hydrogen) atoms. The number of fused-ring (bicyclic) bond motifs is 1. The van der Waals surface area contributed by atoms with E-state index in [1.807, 2.05) is 12.1 Å². The van der Waals surface area contributed by atoms with Crippen molar-refractivity contribution in [2.75, 3.05) is 11.9 Å². The number of amides is 1. The minimum Gasteiger partial charge on any atom is -0.370 e. The molecule has 2 N–H and O–H groups in total. The lowest BCUT2D eigenvalue weighted by Gasteiger charge is -2.08. The molecule has 2 aliphatic rings. The Bertz CT molecular complexity index is 1090. The SMILES string of the molecule is O=C(Nc1ccc2nc(C3CCCO3)[nH]c2c1)C1CC1c1ccc(C(F)(F)F)cc1. The van der Waals surface area contributed by atoms with Gasteiger partial charge in [-0.1, -0.05) is 12.1 Å². The van der Waals surface area contributed by atoms with Gasteiger partial charge in [0.2, 0.25) is 5.91 Å². The minimum atomic E-state index is -4.35. The minimum absolute atomic E-state index is 0.00797. The van der Waals surface area contributed by atoms with Gasteiger partial charge in [0.05, 0.1) is 16.6 Å². The van der Waals surface area contributed by atoms with Crippen LogP contribution in [0.5, 0.6) is 0 Å². The molecule has 3 aromatic rings. The Morgan fingerprint density at radius 1 is 1.17 bits per heavy atom. The van der Waals surface area contributed by atoms with Crippen molar-refractivity contribution < 1.29 is 22.7 Å². The molecule has 2 heterocycles. The second-order valence-electron chi connectivity index (χ2n) is 7.91. The predicted molar refractivity (Wildman–Crippen MR) is 105 cm³/mol. The lowest BCUT2D eigenvalue weighted by molar-refractivity contribution is -0.137. The Labute approximate surface area is 170 Å². The third kappa shape index (κ3) is 3.67. The highest BCUT2D eigenvalue weighted by Gasteiger charge is 2.44. The molecular weight excluding hydrogens is 395 g/mol. The fraction of sp³-hybridized carbons (Fsp3) is 0.364. The van der Waals surface area contributed by atoms with Gasteiger partial charge in [0.15, 0.2) is 0 Å². The lowest BCUT2D eigenvalue weighted by atomic mass is 10.1. The number of H-pyrrole nitrogens is 1. The van der Waals surface area contributed by atoms with Crippen molar-refractivity contribution in [2.24, 2.45) is 5.92 Å². The van der Waals surface area contributed by atoms with Crippen LogP contribution in [-0.2, 0) is 15.7 Å². The first-order chi connectivity index (χ1) is 14.4. The average Bonchev–Trinajstić information content (AvgIpc) is 3.12. The van der Waals surface area contributed by atoms with Gasteiger partial charge in [-0.15, -0.1) is 0 Å². The summed E-state index contributed by atoms with van der Waals surface area (Å²) in [4.78, 5) is 20.4. The van der Waals surface area contributed by atoms with E-state index in [4.69, 9.17) is 4.74 Å². The maximum absolute atomic E-state index is 12.7. The van der Waals surface area contributed by atoms with Gasteiger partial charge in [0, 0.05) is 18.2 Å². The number of aromatic nitrogens is 2. The lowest BCUT2D eigenvalue weighted by Crippen LogP contribution is -2.14. The second-order valence-corrected chi connectivity index (χ2v) is 7.91. The van der Waals surface area contributed by atoms with Crippen LogP contribution in [0, 0.1) is 5.92 Å². The molecule has 1 aliphatic heterocycles. The van der Waals surface area contributed by atoms with Crippen molar-refractivity contribution in [3.8, 4) is 0 Å². The van der Waals surface area contributed by atoms with Gasteiger partial charge in [-0.05, 0) is 61.1 Å². The molecule has 5 rings (SSSR count). The number of carbonyl (C=O) groups is 1. The molecule has 5 nitrogen and oxygen atoms in total. The summed E-state index contributed by atoms with van der Waals surface area (Å²) in [5.74, 6) is 0.393. The quantitative estimate of drug-likeness (QED) is 0.617. The topological polar surface area (TPSA) is 67.0 Å². The van der Waals surface area contributed by atoms with E-state index in [-0.39, 0.29) is 23.8 Å². The molecule has 0 radical (unpaired) electrons. The zero-order valence-corrected chi connectivity index (χ0v) is 16.0. The molecule has 2 fully saturated rings. The smallest absolute Gasteiger partial charge is 0.370 e. The summed E-state index contributed by atoms with van der Waals surface area (Å²) in [5, 5.41) is 2.91. The highest BCUT2D eigenvalue weighted by Crippen LogP contribution is 2.48. The van der Waals surface area contributed by atoms with Gasteiger partial charge in [-0.2, -0.15) is 13.2 Å². The van der Waals surface area contributed by atoms with Crippen LogP contribution >= 0.6 is 0 Å². The number of imidazole rings is 1. The van der Waals surface area contributed by atoms with Crippen LogP contribution in [0.1, 0.15) is 48.2 Å². The number of hydrogen-bond acceptors (Lipinski definition) is 3. The highest BCUT2D eigenvalue weighted by atomic mass is 19.4. The van der Waals surface area contributed by atoms with Crippen molar-refractivity contribution in [3.63, 3.8) is 0 Å². The number of rotatable bonds is 4. The number of alkyl halides is 3. The average molecular weight is 415 g/mol. The van der Waals surface area contributed by atoms with Crippen LogP contribution in [0.2, 0.25) is 0 Å². The maximum Gasteiger partial charge on any atom is 0.416 e. The Morgan fingerprint density at radius 2 is 1.97 bits per heavy atom. The van der Waals surface area contributed by atoms with E-state index in [2.05, 4.69) is 15.3 Å². The fourth-order valence-corrected chi connectivity index (χ4v) is 4.06. The van der Waals surface area contributed by atoms with Crippen LogP contribution in [-0.4, -0.2) is 22.5 Å². The molecular formula is C22H20F3N3O2. The molecule has 156 valence electrons. The molecule has 1 aromatic heterocycles. The number of benzene rings is 2. The van der Waals surface area contributed by atoms with Crippen molar-refractivity contribution in [1.29, 1.82) is 0 Å². The molecule has 0 spiro atoms.